The normalized spacial score (nSPS) is 11.4. The summed E-state index contributed by atoms with van der Waals surface area (Å²) in [5.41, 5.74) is -1.29. The second-order valence-electron chi connectivity index (χ2n) is 5.28. The van der Waals surface area contributed by atoms with Crippen LogP contribution < -0.4 is 10.6 Å². The number of aromatic nitrogens is 4. The molecule has 0 atom stereocenters. The summed E-state index contributed by atoms with van der Waals surface area (Å²) in [5.74, 6) is -1.32. The summed E-state index contributed by atoms with van der Waals surface area (Å²) in [6.45, 7) is 2.32. The molecule has 25 heavy (non-hydrogen) atoms. The second kappa shape index (κ2) is 6.95. The number of halogens is 3. The van der Waals surface area contributed by atoms with Crippen molar-refractivity contribution in [1.82, 2.24) is 24.9 Å². The fourth-order valence-electron chi connectivity index (χ4n) is 2.15. The smallest absolute Gasteiger partial charge is 0.351 e. The highest BCUT2D eigenvalue weighted by Crippen LogP contribution is 2.29. The zero-order chi connectivity index (χ0) is 18.8. The van der Waals surface area contributed by atoms with Gasteiger partial charge in [-0.05, 0) is 6.42 Å². The van der Waals surface area contributed by atoms with Crippen LogP contribution in [0.2, 0.25) is 0 Å². The fourth-order valence-corrected chi connectivity index (χ4v) is 2.15. The molecule has 8 nitrogen and oxygen atoms in total. The van der Waals surface area contributed by atoms with E-state index in [-0.39, 0.29) is 11.4 Å². The van der Waals surface area contributed by atoms with Gasteiger partial charge in [-0.25, -0.2) is 0 Å². The lowest BCUT2D eigenvalue weighted by molar-refractivity contribution is -0.143. The Kier molecular flexibility index (Phi) is 5.14. The third-order valence-electron chi connectivity index (χ3n) is 3.34. The Labute approximate surface area is 141 Å². The maximum absolute atomic E-state index is 12.8. The lowest BCUT2D eigenvalue weighted by Gasteiger charge is -2.07. The molecule has 0 aromatic carbocycles. The third-order valence-corrected chi connectivity index (χ3v) is 3.34. The van der Waals surface area contributed by atoms with Gasteiger partial charge in [-0.2, -0.15) is 23.4 Å². The van der Waals surface area contributed by atoms with E-state index in [1.54, 1.807) is 0 Å². The molecule has 0 fully saturated rings. The highest BCUT2D eigenvalue weighted by Gasteiger charge is 2.35. The molecule has 2 N–H and O–H groups in total. The molecule has 0 saturated carbocycles. The van der Waals surface area contributed by atoms with Crippen LogP contribution in [0.3, 0.4) is 0 Å². The van der Waals surface area contributed by atoms with Crippen molar-refractivity contribution in [3.05, 3.63) is 29.3 Å². The summed E-state index contributed by atoms with van der Waals surface area (Å²) in [4.78, 5) is 24.3. The topological polar surface area (TPSA) is 93.8 Å². The Balaban J connectivity index is 2.23. The van der Waals surface area contributed by atoms with E-state index in [1.165, 1.54) is 17.9 Å². The Morgan fingerprint density at radius 2 is 1.88 bits per heavy atom. The van der Waals surface area contributed by atoms with Gasteiger partial charge in [-0.3, -0.25) is 19.0 Å². The highest BCUT2D eigenvalue weighted by atomic mass is 19.4. The van der Waals surface area contributed by atoms with E-state index in [0.717, 1.165) is 13.5 Å². The SMILES string of the molecule is CCCNC(=O)c1c(NC(=O)c2cc(C(F)(F)F)n(C)n2)cnn1C. The summed E-state index contributed by atoms with van der Waals surface area (Å²) in [6.07, 6.45) is -2.66. The number of hydrogen-bond donors (Lipinski definition) is 2. The van der Waals surface area contributed by atoms with E-state index in [2.05, 4.69) is 20.8 Å². The van der Waals surface area contributed by atoms with Crippen LogP contribution in [0.15, 0.2) is 12.3 Å². The molecule has 11 heteroatoms. The van der Waals surface area contributed by atoms with Crippen LogP contribution >= 0.6 is 0 Å². The summed E-state index contributed by atoms with van der Waals surface area (Å²) in [5, 5.41) is 12.5. The average molecular weight is 358 g/mol. The van der Waals surface area contributed by atoms with Crippen LogP contribution in [0.1, 0.15) is 40.0 Å². The molecule has 0 unspecified atom stereocenters. The van der Waals surface area contributed by atoms with Crippen molar-refractivity contribution in [2.24, 2.45) is 14.1 Å². The first-order valence-electron chi connectivity index (χ1n) is 7.38. The predicted octanol–water partition coefficient (Wildman–Crippen LogP) is 1.56. The number of carbonyl (C=O) groups is 2. The molecule has 0 radical (unpaired) electrons. The summed E-state index contributed by atoms with van der Waals surface area (Å²) >= 11 is 0. The molecule has 0 aliphatic carbocycles. The number of hydrogen-bond acceptors (Lipinski definition) is 4. The number of carbonyl (C=O) groups excluding carboxylic acids is 2. The van der Waals surface area contributed by atoms with E-state index in [0.29, 0.717) is 17.3 Å². The minimum Gasteiger partial charge on any atom is -0.351 e. The molecule has 0 spiro atoms. The molecular formula is C14H17F3N6O2. The molecule has 0 aliphatic heterocycles. The van der Waals surface area contributed by atoms with E-state index in [4.69, 9.17) is 0 Å². The maximum atomic E-state index is 12.8. The molecule has 0 saturated heterocycles. The Bertz CT molecular complexity index is 793. The van der Waals surface area contributed by atoms with Crippen LogP contribution in [-0.4, -0.2) is 37.9 Å². The van der Waals surface area contributed by atoms with Crippen molar-refractivity contribution in [2.45, 2.75) is 19.5 Å². The fraction of sp³-hybridized carbons (Fsp3) is 0.429. The van der Waals surface area contributed by atoms with Crippen LogP contribution in [0.4, 0.5) is 18.9 Å². The van der Waals surface area contributed by atoms with Crippen LogP contribution in [0.5, 0.6) is 0 Å². The molecule has 0 bridgehead atoms. The molecule has 0 aliphatic rings. The molecule has 136 valence electrons. The standard InChI is InChI=1S/C14H17F3N6O2/c1-4-5-18-13(25)11-9(7-19-23(11)3)20-12(24)8-6-10(14(15,16)17)22(2)21-8/h6-7H,4-5H2,1-3H3,(H,18,25)(H,20,24). The van der Waals surface area contributed by atoms with E-state index in [1.807, 2.05) is 6.92 Å². The molecule has 2 rings (SSSR count). The van der Waals surface area contributed by atoms with E-state index >= 15 is 0 Å². The first kappa shape index (κ1) is 18.5. The van der Waals surface area contributed by atoms with E-state index < -0.39 is 29.4 Å². The van der Waals surface area contributed by atoms with Gasteiger partial charge >= 0.3 is 6.18 Å². The minimum absolute atomic E-state index is 0.0836. The second-order valence-corrected chi connectivity index (χ2v) is 5.28. The average Bonchev–Trinajstić information content (AvgIpc) is 3.08. The largest absolute Gasteiger partial charge is 0.433 e. The molecule has 2 aromatic rings. The molecule has 2 aromatic heterocycles. The van der Waals surface area contributed by atoms with Crippen LogP contribution in [-0.2, 0) is 20.3 Å². The van der Waals surface area contributed by atoms with Gasteiger partial charge in [0.05, 0.1) is 11.9 Å². The summed E-state index contributed by atoms with van der Waals surface area (Å²) in [6, 6.07) is 0.641. The van der Waals surface area contributed by atoms with Gasteiger partial charge in [0.25, 0.3) is 11.8 Å². The summed E-state index contributed by atoms with van der Waals surface area (Å²) in [7, 11) is 2.60. The van der Waals surface area contributed by atoms with Gasteiger partial charge in [-0.1, -0.05) is 6.92 Å². The summed E-state index contributed by atoms with van der Waals surface area (Å²) < 4.78 is 40.2. The van der Waals surface area contributed by atoms with Gasteiger partial charge in [0.2, 0.25) is 0 Å². The monoisotopic (exact) mass is 358 g/mol. The number of aryl methyl sites for hydroxylation is 2. The molecule has 2 amide bonds. The van der Waals surface area contributed by atoms with Crippen molar-refractivity contribution in [2.75, 3.05) is 11.9 Å². The zero-order valence-corrected chi connectivity index (χ0v) is 13.8. The predicted molar refractivity (Wildman–Crippen MR) is 82.0 cm³/mol. The van der Waals surface area contributed by atoms with Crippen molar-refractivity contribution in [3.63, 3.8) is 0 Å². The lowest BCUT2D eigenvalue weighted by Crippen LogP contribution is -2.27. The Hall–Kier alpha value is -2.85. The highest BCUT2D eigenvalue weighted by molar-refractivity contribution is 6.07. The van der Waals surface area contributed by atoms with Gasteiger partial charge in [-0.15, -0.1) is 0 Å². The van der Waals surface area contributed by atoms with Crippen molar-refractivity contribution in [3.8, 4) is 0 Å². The number of nitrogens with one attached hydrogen (secondary N) is 2. The quantitative estimate of drug-likeness (QED) is 0.848. The van der Waals surface area contributed by atoms with Crippen molar-refractivity contribution < 1.29 is 22.8 Å². The van der Waals surface area contributed by atoms with Gasteiger partial charge in [0, 0.05) is 26.7 Å². The maximum Gasteiger partial charge on any atom is 0.433 e. The van der Waals surface area contributed by atoms with E-state index in [9.17, 15) is 22.8 Å². The number of anilines is 1. The minimum atomic E-state index is -4.63. The third kappa shape index (κ3) is 3.98. The Morgan fingerprint density at radius 3 is 2.44 bits per heavy atom. The van der Waals surface area contributed by atoms with Crippen molar-refractivity contribution in [1.29, 1.82) is 0 Å². The Morgan fingerprint density at radius 1 is 1.20 bits per heavy atom. The van der Waals surface area contributed by atoms with Gasteiger partial charge in [0.1, 0.15) is 11.4 Å². The van der Waals surface area contributed by atoms with Crippen LogP contribution in [0, 0.1) is 0 Å². The molecular weight excluding hydrogens is 341 g/mol. The number of alkyl halides is 3. The number of nitrogens with zero attached hydrogens (tertiary/aromatic N) is 4. The first-order chi connectivity index (χ1) is 11.6. The van der Waals surface area contributed by atoms with Crippen molar-refractivity contribution >= 4 is 17.5 Å². The number of amides is 2. The molecule has 2 heterocycles. The first-order valence-corrected chi connectivity index (χ1v) is 7.38. The van der Waals surface area contributed by atoms with Gasteiger partial charge in [0.15, 0.2) is 5.69 Å². The van der Waals surface area contributed by atoms with Crippen LogP contribution in [0.25, 0.3) is 0 Å². The number of rotatable bonds is 5. The lowest BCUT2D eigenvalue weighted by atomic mass is 10.3. The van der Waals surface area contributed by atoms with Gasteiger partial charge < -0.3 is 10.6 Å². The zero-order valence-electron chi connectivity index (χ0n) is 13.8.